The normalized spacial score (nSPS) is 28.1. The van der Waals surface area contributed by atoms with Crippen LogP contribution in [0.1, 0.15) is 26.7 Å². The Morgan fingerprint density at radius 3 is 2.75 bits per heavy atom. The highest BCUT2D eigenvalue weighted by atomic mass is 16.4. The number of hydrogen-bond acceptors (Lipinski definition) is 3. The zero-order valence-electron chi connectivity index (χ0n) is 10.0. The highest BCUT2D eigenvalue weighted by Gasteiger charge is 2.23. The van der Waals surface area contributed by atoms with E-state index in [4.69, 9.17) is 5.11 Å². The van der Waals surface area contributed by atoms with E-state index in [1.54, 1.807) is 6.08 Å². The second kappa shape index (κ2) is 6.01. The Morgan fingerprint density at radius 2 is 2.25 bits per heavy atom. The molecule has 1 heterocycles. The van der Waals surface area contributed by atoms with Crippen LogP contribution in [0.15, 0.2) is 11.6 Å². The van der Waals surface area contributed by atoms with Gasteiger partial charge < -0.3 is 10.2 Å². The summed E-state index contributed by atoms with van der Waals surface area (Å²) in [6, 6.07) is 0. The molecule has 0 saturated carbocycles. The van der Waals surface area contributed by atoms with Crippen molar-refractivity contribution in [1.82, 2.24) is 4.90 Å². The van der Waals surface area contributed by atoms with E-state index in [0.717, 1.165) is 19.5 Å². The molecule has 0 aromatic heterocycles. The van der Waals surface area contributed by atoms with Gasteiger partial charge in [-0.3, -0.25) is 4.90 Å². The summed E-state index contributed by atoms with van der Waals surface area (Å²) < 4.78 is 0. The van der Waals surface area contributed by atoms with Crippen molar-refractivity contribution in [2.45, 2.75) is 32.8 Å². The van der Waals surface area contributed by atoms with E-state index in [1.165, 1.54) is 0 Å². The highest BCUT2D eigenvalue weighted by Crippen LogP contribution is 2.16. The van der Waals surface area contributed by atoms with Crippen LogP contribution in [-0.2, 0) is 4.79 Å². The van der Waals surface area contributed by atoms with E-state index in [2.05, 4.69) is 4.90 Å². The lowest BCUT2D eigenvalue weighted by molar-refractivity contribution is -0.132. The van der Waals surface area contributed by atoms with Gasteiger partial charge in [-0.1, -0.05) is 19.9 Å². The van der Waals surface area contributed by atoms with Crippen LogP contribution in [0.2, 0.25) is 0 Å². The molecule has 0 aliphatic carbocycles. The van der Waals surface area contributed by atoms with Crippen molar-refractivity contribution < 1.29 is 15.0 Å². The number of aliphatic carboxylic acids is 1. The summed E-state index contributed by atoms with van der Waals surface area (Å²) in [4.78, 5) is 13.0. The van der Waals surface area contributed by atoms with Crippen molar-refractivity contribution >= 4 is 5.97 Å². The van der Waals surface area contributed by atoms with Gasteiger partial charge in [-0.05, 0) is 18.8 Å². The summed E-state index contributed by atoms with van der Waals surface area (Å²) in [5.41, 5.74) is 0.471. The van der Waals surface area contributed by atoms with Gasteiger partial charge in [0.1, 0.15) is 0 Å². The number of piperidine rings is 1. The minimum Gasteiger partial charge on any atom is -0.478 e. The second-order valence-corrected chi connectivity index (χ2v) is 4.48. The van der Waals surface area contributed by atoms with Crippen molar-refractivity contribution in [1.29, 1.82) is 0 Å². The molecule has 1 aliphatic heterocycles. The summed E-state index contributed by atoms with van der Waals surface area (Å²) in [6.45, 7) is 6.24. The molecule has 0 bridgehead atoms. The van der Waals surface area contributed by atoms with Gasteiger partial charge in [-0.25, -0.2) is 4.79 Å². The molecule has 1 saturated heterocycles. The number of likely N-dealkylation sites (tertiary alicyclic amines) is 1. The molecule has 1 rings (SSSR count). The summed E-state index contributed by atoms with van der Waals surface area (Å²) in [5, 5.41) is 18.4. The molecule has 4 heteroatoms. The average molecular weight is 227 g/mol. The first-order chi connectivity index (χ1) is 7.54. The highest BCUT2D eigenvalue weighted by molar-refractivity contribution is 5.86. The minimum atomic E-state index is -0.826. The number of aliphatic hydroxyl groups is 1. The smallest absolute Gasteiger partial charge is 0.331 e. The van der Waals surface area contributed by atoms with Crippen LogP contribution in [0, 0.1) is 5.92 Å². The largest absolute Gasteiger partial charge is 0.478 e. The first kappa shape index (κ1) is 13.2. The fourth-order valence-electron chi connectivity index (χ4n) is 2.01. The second-order valence-electron chi connectivity index (χ2n) is 4.48. The summed E-state index contributed by atoms with van der Waals surface area (Å²) in [7, 11) is 0. The summed E-state index contributed by atoms with van der Waals surface area (Å²) in [6.07, 6.45) is 2.92. The van der Waals surface area contributed by atoms with Gasteiger partial charge in [0, 0.05) is 25.2 Å². The van der Waals surface area contributed by atoms with E-state index in [0.29, 0.717) is 18.5 Å². The monoisotopic (exact) mass is 227 g/mol. The number of rotatable bonds is 4. The number of aliphatic hydroxyl groups excluding tert-OH is 1. The van der Waals surface area contributed by atoms with Crippen molar-refractivity contribution in [2.24, 2.45) is 5.92 Å². The van der Waals surface area contributed by atoms with Gasteiger partial charge in [0.2, 0.25) is 0 Å². The van der Waals surface area contributed by atoms with Crippen LogP contribution in [0.4, 0.5) is 0 Å². The molecule has 2 unspecified atom stereocenters. The molecule has 0 aromatic carbocycles. The van der Waals surface area contributed by atoms with Crippen LogP contribution in [0.25, 0.3) is 0 Å². The van der Waals surface area contributed by atoms with Crippen LogP contribution < -0.4 is 0 Å². The third-order valence-electron chi connectivity index (χ3n) is 3.20. The van der Waals surface area contributed by atoms with Crippen molar-refractivity contribution in [3.05, 3.63) is 11.6 Å². The topological polar surface area (TPSA) is 60.8 Å². The van der Waals surface area contributed by atoms with Crippen molar-refractivity contribution in [2.75, 3.05) is 19.6 Å². The molecule has 2 atom stereocenters. The van der Waals surface area contributed by atoms with Gasteiger partial charge in [0.25, 0.3) is 0 Å². The Morgan fingerprint density at radius 1 is 1.56 bits per heavy atom. The van der Waals surface area contributed by atoms with Gasteiger partial charge >= 0.3 is 5.97 Å². The van der Waals surface area contributed by atoms with Crippen molar-refractivity contribution in [3.63, 3.8) is 0 Å². The lowest BCUT2D eigenvalue weighted by Gasteiger charge is -2.33. The maximum Gasteiger partial charge on any atom is 0.331 e. The molecule has 0 radical (unpaired) electrons. The number of hydrogen-bond donors (Lipinski definition) is 2. The molecule has 2 N–H and O–H groups in total. The maximum absolute atomic E-state index is 10.8. The number of nitrogens with zero attached hydrogens (tertiary/aromatic N) is 1. The first-order valence-electron chi connectivity index (χ1n) is 5.87. The molecule has 0 spiro atoms. The quantitative estimate of drug-likeness (QED) is 0.706. The Labute approximate surface area is 96.6 Å². The van der Waals surface area contributed by atoms with E-state index in [-0.39, 0.29) is 12.0 Å². The number of carboxylic acids is 1. The van der Waals surface area contributed by atoms with Gasteiger partial charge in [0.15, 0.2) is 0 Å². The third kappa shape index (κ3) is 3.61. The molecule has 16 heavy (non-hydrogen) atoms. The molecule has 1 fully saturated rings. The van der Waals surface area contributed by atoms with Gasteiger partial charge in [-0.15, -0.1) is 0 Å². The molecule has 1 aliphatic rings. The van der Waals surface area contributed by atoms with Crippen molar-refractivity contribution in [3.8, 4) is 0 Å². The molecule has 0 amide bonds. The van der Waals surface area contributed by atoms with E-state index in [1.807, 2.05) is 13.8 Å². The molecular formula is C12H21NO3. The zero-order valence-corrected chi connectivity index (χ0v) is 10.0. The Hall–Kier alpha value is -0.870. The first-order valence-corrected chi connectivity index (χ1v) is 5.87. The lowest BCUT2D eigenvalue weighted by atomic mass is 9.97. The van der Waals surface area contributed by atoms with Gasteiger partial charge in [0.05, 0.1) is 6.10 Å². The molecular weight excluding hydrogens is 206 g/mol. The van der Waals surface area contributed by atoms with Crippen LogP contribution in [0.3, 0.4) is 0 Å². The third-order valence-corrected chi connectivity index (χ3v) is 3.20. The lowest BCUT2D eigenvalue weighted by Crippen LogP contribution is -2.41. The molecule has 92 valence electrons. The van der Waals surface area contributed by atoms with Gasteiger partial charge in [-0.2, -0.15) is 0 Å². The van der Waals surface area contributed by atoms with Crippen LogP contribution in [0.5, 0.6) is 0 Å². The van der Waals surface area contributed by atoms with E-state index >= 15 is 0 Å². The predicted molar refractivity (Wildman–Crippen MR) is 62.2 cm³/mol. The van der Waals surface area contributed by atoms with E-state index in [9.17, 15) is 9.90 Å². The fraction of sp³-hybridized carbons (Fsp3) is 0.750. The molecule has 4 nitrogen and oxygen atoms in total. The zero-order chi connectivity index (χ0) is 12.1. The SMILES string of the molecule is CCC(=CCN1CCC(O)C(C)C1)C(=O)O. The number of carbonyl (C=O) groups is 1. The van der Waals surface area contributed by atoms with Crippen LogP contribution >= 0.6 is 0 Å². The van der Waals surface area contributed by atoms with Crippen LogP contribution in [-0.4, -0.2) is 46.8 Å². The standard InChI is InChI=1S/C12H21NO3/c1-3-10(12(15)16)4-6-13-7-5-11(14)9(2)8-13/h4,9,11,14H,3,5-8H2,1-2H3,(H,15,16). The molecule has 0 aromatic rings. The Balaban J connectivity index is 2.46. The Kier molecular flexibility index (Phi) is 4.96. The minimum absolute atomic E-state index is 0.203. The Bertz CT molecular complexity index is 275. The number of carboxylic acid groups (broad SMARTS) is 1. The van der Waals surface area contributed by atoms with E-state index < -0.39 is 5.97 Å². The fourth-order valence-corrected chi connectivity index (χ4v) is 2.01. The summed E-state index contributed by atoms with van der Waals surface area (Å²) in [5.74, 6) is -0.551. The maximum atomic E-state index is 10.8. The average Bonchev–Trinajstić information content (AvgIpc) is 2.23. The summed E-state index contributed by atoms with van der Waals surface area (Å²) >= 11 is 0. The predicted octanol–water partition coefficient (Wildman–Crippen LogP) is 1.11.